The highest BCUT2D eigenvalue weighted by atomic mass is 16.4. The molecule has 0 radical (unpaired) electrons. The second-order valence-corrected chi connectivity index (χ2v) is 3.33. The molecule has 0 saturated carbocycles. The molecule has 13 heavy (non-hydrogen) atoms. The highest BCUT2D eigenvalue weighted by Gasteiger charge is 2.30. The van der Waals surface area contributed by atoms with Gasteiger partial charge < -0.3 is 15.5 Å². The molecular formula is C8H16N2O3. The molecule has 1 aliphatic heterocycles. The van der Waals surface area contributed by atoms with Gasteiger partial charge in [0.25, 0.3) is 0 Å². The van der Waals surface area contributed by atoms with Crippen molar-refractivity contribution in [2.45, 2.75) is 19.0 Å². The number of piperazine rings is 1. The molecule has 0 aromatic rings. The third-order valence-electron chi connectivity index (χ3n) is 2.40. The van der Waals surface area contributed by atoms with E-state index in [9.17, 15) is 4.79 Å². The minimum atomic E-state index is -0.826. The van der Waals surface area contributed by atoms with E-state index < -0.39 is 12.0 Å². The highest BCUT2D eigenvalue weighted by molar-refractivity contribution is 5.74. The first-order chi connectivity index (χ1) is 6.16. The molecule has 0 aromatic carbocycles. The van der Waals surface area contributed by atoms with Crippen molar-refractivity contribution >= 4 is 5.97 Å². The Hall–Kier alpha value is -0.650. The molecule has 2 atom stereocenters. The maximum Gasteiger partial charge on any atom is 0.322 e. The number of carboxylic acids is 1. The van der Waals surface area contributed by atoms with Crippen LogP contribution in [0.15, 0.2) is 0 Å². The molecule has 1 heterocycles. The van der Waals surface area contributed by atoms with Crippen molar-refractivity contribution in [3.63, 3.8) is 0 Å². The zero-order valence-electron chi connectivity index (χ0n) is 7.73. The number of carbonyl (C=O) groups is 1. The van der Waals surface area contributed by atoms with Gasteiger partial charge in [-0.05, 0) is 6.92 Å². The molecular weight excluding hydrogens is 172 g/mol. The molecule has 2 unspecified atom stereocenters. The van der Waals surface area contributed by atoms with Crippen molar-refractivity contribution in [2.75, 3.05) is 26.2 Å². The number of aliphatic hydroxyl groups is 1. The normalized spacial score (nSPS) is 27.1. The summed E-state index contributed by atoms with van der Waals surface area (Å²) in [7, 11) is 0. The van der Waals surface area contributed by atoms with Crippen LogP contribution in [0.5, 0.6) is 0 Å². The fourth-order valence-electron chi connectivity index (χ4n) is 1.58. The fraction of sp³-hybridized carbons (Fsp3) is 0.875. The second-order valence-electron chi connectivity index (χ2n) is 3.33. The predicted molar refractivity (Wildman–Crippen MR) is 47.5 cm³/mol. The van der Waals surface area contributed by atoms with E-state index in [2.05, 4.69) is 5.32 Å². The van der Waals surface area contributed by atoms with E-state index in [1.807, 2.05) is 11.8 Å². The van der Waals surface area contributed by atoms with Crippen LogP contribution in [0.4, 0.5) is 0 Å². The summed E-state index contributed by atoms with van der Waals surface area (Å²) in [6, 6.07) is -0.584. The molecule has 0 amide bonds. The van der Waals surface area contributed by atoms with Gasteiger partial charge in [0, 0.05) is 25.7 Å². The monoisotopic (exact) mass is 188 g/mol. The van der Waals surface area contributed by atoms with Crippen molar-refractivity contribution in [1.82, 2.24) is 10.2 Å². The number of nitrogens with zero attached hydrogens (tertiary/aromatic N) is 1. The molecule has 1 rings (SSSR count). The molecule has 5 nitrogen and oxygen atoms in total. The fourth-order valence-corrected chi connectivity index (χ4v) is 1.58. The number of hydrogen-bond donors (Lipinski definition) is 3. The minimum Gasteiger partial charge on any atom is -0.480 e. The van der Waals surface area contributed by atoms with E-state index in [0.717, 1.165) is 6.54 Å². The molecule has 0 bridgehead atoms. The van der Waals surface area contributed by atoms with Crippen LogP contribution in [0, 0.1) is 0 Å². The van der Waals surface area contributed by atoms with Crippen molar-refractivity contribution in [3.05, 3.63) is 0 Å². The molecule has 1 aliphatic rings. The summed E-state index contributed by atoms with van der Waals surface area (Å²) in [5.41, 5.74) is 0. The summed E-state index contributed by atoms with van der Waals surface area (Å²) in [6.07, 6.45) is 0. The number of rotatable bonds is 3. The Labute approximate surface area is 77.3 Å². The lowest BCUT2D eigenvalue weighted by molar-refractivity contribution is -0.145. The Kier molecular flexibility index (Phi) is 3.65. The van der Waals surface area contributed by atoms with Gasteiger partial charge in [-0.3, -0.25) is 9.69 Å². The van der Waals surface area contributed by atoms with Gasteiger partial charge >= 0.3 is 5.97 Å². The molecule has 3 N–H and O–H groups in total. The molecule has 1 saturated heterocycles. The zero-order valence-corrected chi connectivity index (χ0v) is 7.73. The predicted octanol–water partition coefficient (Wildman–Crippen LogP) is -1.27. The molecule has 76 valence electrons. The van der Waals surface area contributed by atoms with Gasteiger partial charge in [-0.15, -0.1) is 0 Å². The third kappa shape index (κ3) is 2.40. The van der Waals surface area contributed by atoms with Gasteiger partial charge in [-0.1, -0.05) is 0 Å². The van der Waals surface area contributed by atoms with E-state index in [0.29, 0.717) is 13.1 Å². The lowest BCUT2D eigenvalue weighted by Crippen LogP contribution is -2.58. The SMILES string of the molecule is CC(CO)N1CCNCC1C(=O)O. The van der Waals surface area contributed by atoms with Crippen molar-refractivity contribution < 1.29 is 15.0 Å². The molecule has 0 spiro atoms. The smallest absolute Gasteiger partial charge is 0.322 e. The van der Waals surface area contributed by atoms with E-state index in [-0.39, 0.29) is 12.6 Å². The Morgan fingerprint density at radius 3 is 3.00 bits per heavy atom. The van der Waals surface area contributed by atoms with Crippen LogP contribution in [0.1, 0.15) is 6.92 Å². The van der Waals surface area contributed by atoms with Crippen LogP contribution in [0.2, 0.25) is 0 Å². The maximum absolute atomic E-state index is 10.8. The lowest BCUT2D eigenvalue weighted by atomic mass is 10.1. The minimum absolute atomic E-state index is 0.00375. The summed E-state index contributed by atoms with van der Waals surface area (Å²) < 4.78 is 0. The van der Waals surface area contributed by atoms with Crippen LogP contribution in [-0.2, 0) is 4.79 Å². The number of hydrogen-bond acceptors (Lipinski definition) is 4. The Morgan fingerprint density at radius 1 is 1.77 bits per heavy atom. The number of aliphatic hydroxyl groups excluding tert-OH is 1. The molecule has 1 fully saturated rings. The molecule has 5 heteroatoms. The average Bonchev–Trinajstić information content (AvgIpc) is 2.16. The van der Waals surface area contributed by atoms with Crippen LogP contribution < -0.4 is 5.32 Å². The van der Waals surface area contributed by atoms with Gasteiger partial charge in [0.2, 0.25) is 0 Å². The van der Waals surface area contributed by atoms with Gasteiger partial charge in [-0.2, -0.15) is 0 Å². The van der Waals surface area contributed by atoms with Crippen molar-refractivity contribution in [1.29, 1.82) is 0 Å². The van der Waals surface area contributed by atoms with Crippen molar-refractivity contribution in [2.24, 2.45) is 0 Å². The first-order valence-corrected chi connectivity index (χ1v) is 4.47. The summed E-state index contributed by atoms with van der Waals surface area (Å²) in [4.78, 5) is 12.6. The first kappa shape index (κ1) is 10.4. The Morgan fingerprint density at radius 2 is 2.46 bits per heavy atom. The second kappa shape index (κ2) is 4.55. The van der Waals surface area contributed by atoms with Crippen LogP contribution in [0.25, 0.3) is 0 Å². The van der Waals surface area contributed by atoms with Gasteiger partial charge in [0.15, 0.2) is 0 Å². The van der Waals surface area contributed by atoms with Crippen LogP contribution in [-0.4, -0.2) is 59.4 Å². The topological polar surface area (TPSA) is 72.8 Å². The maximum atomic E-state index is 10.8. The standard InChI is InChI=1S/C8H16N2O3/c1-6(5-11)10-3-2-9-4-7(10)8(12)13/h6-7,9,11H,2-5H2,1H3,(H,12,13). The zero-order chi connectivity index (χ0) is 9.84. The summed E-state index contributed by atoms with van der Waals surface area (Å²) in [5, 5.41) is 20.8. The number of aliphatic carboxylic acids is 1. The summed E-state index contributed by atoms with van der Waals surface area (Å²) >= 11 is 0. The average molecular weight is 188 g/mol. The van der Waals surface area contributed by atoms with E-state index in [4.69, 9.17) is 10.2 Å². The Bertz CT molecular complexity index is 186. The van der Waals surface area contributed by atoms with Gasteiger partial charge in [-0.25, -0.2) is 0 Å². The Balaban J connectivity index is 2.61. The van der Waals surface area contributed by atoms with E-state index in [1.165, 1.54) is 0 Å². The summed E-state index contributed by atoms with van der Waals surface area (Å²) in [5.74, 6) is -0.826. The highest BCUT2D eigenvalue weighted by Crippen LogP contribution is 2.08. The van der Waals surface area contributed by atoms with Gasteiger partial charge in [0.1, 0.15) is 6.04 Å². The van der Waals surface area contributed by atoms with Crippen molar-refractivity contribution in [3.8, 4) is 0 Å². The van der Waals surface area contributed by atoms with E-state index >= 15 is 0 Å². The first-order valence-electron chi connectivity index (χ1n) is 4.47. The lowest BCUT2D eigenvalue weighted by Gasteiger charge is -2.36. The summed E-state index contributed by atoms with van der Waals surface area (Å²) in [6.45, 7) is 3.76. The van der Waals surface area contributed by atoms with Crippen LogP contribution >= 0.6 is 0 Å². The quantitative estimate of drug-likeness (QED) is 0.515. The number of carboxylic acid groups (broad SMARTS) is 1. The van der Waals surface area contributed by atoms with Crippen LogP contribution in [0.3, 0.4) is 0 Å². The number of nitrogens with one attached hydrogen (secondary N) is 1. The largest absolute Gasteiger partial charge is 0.480 e. The molecule has 0 aliphatic carbocycles. The molecule has 0 aromatic heterocycles. The third-order valence-corrected chi connectivity index (χ3v) is 2.40. The van der Waals surface area contributed by atoms with Gasteiger partial charge in [0.05, 0.1) is 6.61 Å². The van der Waals surface area contributed by atoms with E-state index in [1.54, 1.807) is 0 Å².